The highest BCUT2D eigenvalue weighted by Crippen LogP contribution is 2.22. The summed E-state index contributed by atoms with van der Waals surface area (Å²) in [5.41, 5.74) is 1.54. The Morgan fingerprint density at radius 3 is 2.95 bits per heavy atom. The van der Waals surface area contributed by atoms with Crippen LogP contribution in [0.25, 0.3) is 5.52 Å². The molecule has 21 heavy (non-hydrogen) atoms. The topological polar surface area (TPSA) is 80.3 Å². The smallest absolute Gasteiger partial charge is 0.152 e. The molecule has 3 aromatic rings. The molecule has 3 aromatic heterocycles. The van der Waals surface area contributed by atoms with E-state index in [0.717, 1.165) is 16.8 Å². The van der Waals surface area contributed by atoms with Crippen LogP contribution in [0.1, 0.15) is 18.2 Å². The average molecular weight is 286 g/mol. The molecule has 0 radical (unpaired) electrons. The van der Waals surface area contributed by atoms with E-state index in [9.17, 15) is 5.11 Å². The monoisotopic (exact) mass is 286 g/mol. The standard InChI is InChI=1S/C14H18N6O/c1-10-6-12-13(15-4-5-20(12)18-10)16-9-14(2,21)11-7-17-19(3)8-11/h4-8,21H,9H2,1-3H3,(H,15,16). The summed E-state index contributed by atoms with van der Waals surface area (Å²) in [6, 6.07) is 1.95. The van der Waals surface area contributed by atoms with Crippen LogP contribution in [0.5, 0.6) is 0 Å². The van der Waals surface area contributed by atoms with Crippen LogP contribution in [0.15, 0.2) is 30.9 Å². The lowest BCUT2D eigenvalue weighted by atomic mass is 10.00. The number of nitrogens with one attached hydrogen (secondary N) is 1. The van der Waals surface area contributed by atoms with E-state index in [1.54, 1.807) is 40.9 Å². The molecule has 110 valence electrons. The van der Waals surface area contributed by atoms with Crippen molar-refractivity contribution in [3.8, 4) is 0 Å². The Morgan fingerprint density at radius 1 is 1.43 bits per heavy atom. The molecule has 1 unspecified atom stereocenters. The quantitative estimate of drug-likeness (QED) is 0.750. The van der Waals surface area contributed by atoms with Gasteiger partial charge in [-0.15, -0.1) is 0 Å². The van der Waals surface area contributed by atoms with Crippen LogP contribution in [0, 0.1) is 6.92 Å². The lowest BCUT2D eigenvalue weighted by molar-refractivity contribution is 0.0714. The molecule has 0 spiro atoms. The molecule has 0 aromatic carbocycles. The van der Waals surface area contributed by atoms with E-state index in [0.29, 0.717) is 12.4 Å². The van der Waals surface area contributed by atoms with Crippen LogP contribution < -0.4 is 5.32 Å². The zero-order valence-corrected chi connectivity index (χ0v) is 12.3. The lowest BCUT2D eigenvalue weighted by Crippen LogP contribution is -2.30. The SMILES string of the molecule is Cc1cc2c(NCC(C)(O)c3cnn(C)c3)nccn2n1. The van der Waals surface area contributed by atoms with E-state index in [4.69, 9.17) is 0 Å². The van der Waals surface area contributed by atoms with Crippen molar-refractivity contribution >= 4 is 11.3 Å². The lowest BCUT2D eigenvalue weighted by Gasteiger charge is -2.22. The van der Waals surface area contributed by atoms with Gasteiger partial charge in [0.1, 0.15) is 11.1 Å². The predicted octanol–water partition coefficient (Wildman–Crippen LogP) is 1.09. The summed E-state index contributed by atoms with van der Waals surface area (Å²) < 4.78 is 3.44. The number of fused-ring (bicyclic) bond motifs is 1. The largest absolute Gasteiger partial charge is 0.383 e. The van der Waals surface area contributed by atoms with E-state index in [-0.39, 0.29) is 0 Å². The van der Waals surface area contributed by atoms with Crippen LogP contribution in [0.2, 0.25) is 0 Å². The summed E-state index contributed by atoms with van der Waals surface area (Å²) in [4.78, 5) is 4.32. The van der Waals surface area contributed by atoms with Gasteiger partial charge in [-0.25, -0.2) is 9.50 Å². The molecule has 7 nitrogen and oxygen atoms in total. The second-order valence-electron chi connectivity index (χ2n) is 5.42. The highest BCUT2D eigenvalue weighted by molar-refractivity contribution is 5.67. The summed E-state index contributed by atoms with van der Waals surface area (Å²) in [6.45, 7) is 4.01. The zero-order chi connectivity index (χ0) is 15.0. The summed E-state index contributed by atoms with van der Waals surface area (Å²) >= 11 is 0. The van der Waals surface area contributed by atoms with Crippen LogP contribution >= 0.6 is 0 Å². The number of hydrogen-bond acceptors (Lipinski definition) is 5. The second-order valence-corrected chi connectivity index (χ2v) is 5.42. The van der Waals surface area contributed by atoms with Crippen LogP contribution in [0.4, 0.5) is 5.82 Å². The van der Waals surface area contributed by atoms with Gasteiger partial charge in [-0.3, -0.25) is 4.68 Å². The fourth-order valence-corrected chi connectivity index (χ4v) is 2.24. The number of aromatic nitrogens is 5. The molecular formula is C14H18N6O. The summed E-state index contributed by atoms with van der Waals surface area (Å²) in [5, 5.41) is 22.2. The molecule has 0 fully saturated rings. The Bertz CT molecular complexity index is 773. The normalized spacial score (nSPS) is 14.3. The van der Waals surface area contributed by atoms with Gasteiger partial charge < -0.3 is 10.4 Å². The molecular weight excluding hydrogens is 268 g/mol. The Morgan fingerprint density at radius 2 is 2.24 bits per heavy atom. The fraction of sp³-hybridized carbons (Fsp3) is 0.357. The Hall–Kier alpha value is -2.41. The third-order valence-electron chi connectivity index (χ3n) is 3.44. The highest BCUT2D eigenvalue weighted by atomic mass is 16.3. The number of hydrogen-bond donors (Lipinski definition) is 2. The van der Waals surface area contributed by atoms with Gasteiger partial charge in [-0.2, -0.15) is 10.2 Å². The molecule has 3 rings (SSSR count). The first-order chi connectivity index (χ1) is 9.95. The van der Waals surface area contributed by atoms with Gasteiger partial charge >= 0.3 is 0 Å². The summed E-state index contributed by atoms with van der Waals surface area (Å²) in [6.07, 6.45) is 6.95. The van der Waals surface area contributed by atoms with Gasteiger partial charge in [0.2, 0.25) is 0 Å². The molecule has 1 atom stereocenters. The first kappa shape index (κ1) is 13.6. The van der Waals surface area contributed by atoms with Crippen molar-refractivity contribution in [2.45, 2.75) is 19.4 Å². The molecule has 0 aliphatic heterocycles. The second kappa shape index (κ2) is 4.85. The molecule has 2 N–H and O–H groups in total. The molecule has 0 amide bonds. The first-order valence-corrected chi connectivity index (χ1v) is 6.72. The Kier molecular flexibility index (Phi) is 3.13. The minimum Gasteiger partial charge on any atom is -0.383 e. The maximum atomic E-state index is 10.6. The number of rotatable bonds is 4. The average Bonchev–Trinajstić information content (AvgIpc) is 3.01. The van der Waals surface area contributed by atoms with Gasteiger partial charge in [0.15, 0.2) is 5.82 Å². The van der Waals surface area contributed by atoms with Gasteiger partial charge in [0, 0.05) is 37.7 Å². The number of aliphatic hydroxyl groups is 1. The molecule has 3 heterocycles. The third-order valence-corrected chi connectivity index (χ3v) is 3.44. The van der Waals surface area contributed by atoms with E-state index in [1.165, 1.54) is 0 Å². The molecule has 0 saturated heterocycles. The van der Waals surface area contributed by atoms with Crippen molar-refractivity contribution in [2.24, 2.45) is 7.05 Å². The Balaban J connectivity index is 1.83. The minimum absolute atomic E-state index is 0.329. The zero-order valence-electron chi connectivity index (χ0n) is 12.3. The van der Waals surface area contributed by atoms with Crippen LogP contribution in [-0.2, 0) is 12.6 Å². The molecule has 0 saturated carbocycles. The van der Waals surface area contributed by atoms with Gasteiger partial charge in [0.25, 0.3) is 0 Å². The molecule has 0 aliphatic carbocycles. The van der Waals surface area contributed by atoms with Gasteiger partial charge in [0.05, 0.1) is 11.9 Å². The van der Waals surface area contributed by atoms with Crippen molar-refractivity contribution in [1.82, 2.24) is 24.4 Å². The summed E-state index contributed by atoms with van der Waals surface area (Å²) in [5.74, 6) is 0.697. The fourth-order valence-electron chi connectivity index (χ4n) is 2.24. The Labute approximate surface area is 122 Å². The third kappa shape index (κ3) is 2.59. The maximum Gasteiger partial charge on any atom is 0.152 e. The minimum atomic E-state index is -1.03. The first-order valence-electron chi connectivity index (χ1n) is 6.72. The van der Waals surface area contributed by atoms with E-state index in [1.807, 2.05) is 20.0 Å². The summed E-state index contributed by atoms with van der Waals surface area (Å²) in [7, 11) is 1.82. The maximum absolute atomic E-state index is 10.6. The number of anilines is 1. The van der Waals surface area contributed by atoms with Crippen molar-refractivity contribution < 1.29 is 5.11 Å². The number of nitrogens with zero attached hydrogens (tertiary/aromatic N) is 5. The van der Waals surface area contributed by atoms with Gasteiger partial charge in [-0.1, -0.05) is 0 Å². The van der Waals surface area contributed by atoms with Crippen LogP contribution in [0.3, 0.4) is 0 Å². The molecule has 0 aliphatic rings. The highest BCUT2D eigenvalue weighted by Gasteiger charge is 2.25. The van der Waals surface area contributed by atoms with Crippen molar-refractivity contribution in [1.29, 1.82) is 0 Å². The molecule has 0 bridgehead atoms. The predicted molar refractivity (Wildman–Crippen MR) is 79.0 cm³/mol. The van der Waals surface area contributed by atoms with Gasteiger partial charge in [-0.05, 0) is 19.9 Å². The van der Waals surface area contributed by atoms with Crippen molar-refractivity contribution in [2.75, 3.05) is 11.9 Å². The van der Waals surface area contributed by atoms with E-state index >= 15 is 0 Å². The molecule has 7 heteroatoms. The van der Waals surface area contributed by atoms with E-state index in [2.05, 4.69) is 20.5 Å². The van der Waals surface area contributed by atoms with Crippen LogP contribution in [-0.4, -0.2) is 36.0 Å². The number of aryl methyl sites for hydroxylation is 2. The van der Waals surface area contributed by atoms with Crippen molar-refractivity contribution in [3.05, 3.63) is 42.1 Å². The van der Waals surface area contributed by atoms with Crippen molar-refractivity contribution in [3.63, 3.8) is 0 Å². The van der Waals surface area contributed by atoms with E-state index < -0.39 is 5.60 Å².